The topological polar surface area (TPSA) is 90.4 Å². The second-order valence-corrected chi connectivity index (χ2v) is 2.75. The average Bonchev–Trinajstić information content (AvgIpc) is 2.57. The van der Waals surface area contributed by atoms with Gasteiger partial charge in [0.05, 0.1) is 13.3 Å². The van der Waals surface area contributed by atoms with Crippen LogP contribution < -0.4 is 10.5 Å². The van der Waals surface area contributed by atoms with Crippen molar-refractivity contribution in [1.29, 1.82) is 0 Å². The molecule has 14 heavy (non-hydrogen) atoms. The monoisotopic (exact) mass is 199 g/mol. The summed E-state index contributed by atoms with van der Waals surface area (Å²) in [4.78, 5) is 10.9. The summed E-state index contributed by atoms with van der Waals surface area (Å²) in [6.45, 7) is 0.605. The first-order chi connectivity index (χ1) is 6.69. The fourth-order valence-corrected chi connectivity index (χ4v) is 1.07. The molecular weight excluding hydrogens is 186 g/mol. The standard InChI is InChI=1S/C8H13N3O3/c1-14-6-5-11(3-2-4-12)10-7(6)8(9)13/h5,12H,2-4H2,1H3,(H2,9,13). The van der Waals surface area contributed by atoms with Crippen LogP contribution in [0.4, 0.5) is 0 Å². The van der Waals surface area contributed by atoms with E-state index in [4.69, 9.17) is 15.6 Å². The minimum absolute atomic E-state index is 0.0775. The number of hydrogen-bond acceptors (Lipinski definition) is 4. The van der Waals surface area contributed by atoms with Gasteiger partial charge in [-0.25, -0.2) is 0 Å². The maximum atomic E-state index is 10.9. The summed E-state index contributed by atoms with van der Waals surface area (Å²) < 4.78 is 6.44. The molecule has 0 fully saturated rings. The van der Waals surface area contributed by atoms with Gasteiger partial charge in [0.25, 0.3) is 5.91 Å². The number of methoxy groups -OCH3 is 1. The van der Waals surface area contributed by atoms with Gasteiger partial charge in [-0.05, 0) is 6.42 Å². The SMILES string of the molecule is COc1cn(CCCO)nc1C(N)=O. The van der Waals surface area contributed by atoms with Gasteiger partial charge in [0.1, 0.15) is 0 Å². The molecule has 0 unspecified atom stereocenters. The Balaban J connectivity index is 2.83. The molecule has 0 saturated heterocycles. The first-order valence-corrected chi connectivity index (χ1v) is 4.21. The molecule has 0 bridgehead atoms. The highest BCUT2D eigenvalue weighted by Crippen LogP contribution is 2.15. The van der Waals surface area contributed by atoms with Crippen LogP contribution in [0.2, 0.25) is 0 Å². The largest absolute Gasteiger partial charge is 0.493 e. The molecule has 0 aliphatic heterocycles. The molecule has 0 saturated carbocycles. The van der Waals surface area contributed by atoms with Crippen LogP contribution in [0.25, 0.3) is 0 Å². The lowest BCUT2D eigenvalue weighted by Crippen LogP contribution is -2.13. The minimum Gasteiger partial charge on any atom is -0.493 e. The zero-order valence-electron chi connectivity index (χ0n) is 7.93. The van der Waals surface area contributed by atoms with Crippen LogP contribution in [0, 0.1) is 0 Å². The van der Waals surface area contributed by atoms with Gasteiger partial charge >= 0.3 is 0 Å². The smallest absolute Gasteiger partial charge is 0.273 e. The Morgan fingerprint density at radius 2 is 2.50 bits per heavy atom. The number of aromatic nitrogens is 2. The predicted molar refractivity (Wildman–Crippen MR) is 49.0 cm³/mol. The summed E-state index contributed by atoms with van der Waals surface area (Å²) in [5.41, 5.74) is 5.20. The fraction of sp³-hybridized carbons (Fsp3) is 0.500. The van der Waals surface area contributed by atoms with Crippen molar-refractivity contribution in [2.24, 2.45) is 5.73 Å². The summed E-state index contributed by atoms with van der Waals surface area (Å²) in [6, 6.07) is 0. The third kappa shape index (κ3) is 2.23. The van der Waals surface area contributed by atoms with Crippen molar-refractivity contribution < 1.29 is 14.6 Å². The molecule has 3 N–H and O–H groups in total. The van der Waals surface area contributed by atoms with Crippen LogP contribution in [-0.2, 0) is 6.54 Å². The van der Waals surface area contributed by atoms with Crippen LogP contribution in [0.3, 0.4) is 0 Å². The van der Waals surface area contributed by atoms with Crippen molar-refractivity contribution in [3.63, 3.8) is 0 Å². The fourth-order valence-electron chi connectivity index (χ4n) is 1.07. The van der Waals surface area contributed by atoms with E-state index in [1.807, 2.05) is 0 Å². The van der Waals surface area contributed by atoms with Gasteiger partial charge in [0.15, 0.2) is 11.4 Å². The van der Waals surface area contributed by atoms with E-state index in [1.54, 1.807) is 6.20 Å². The zero-order valence-corrected chi connectivity index (χ0v) is 7.93. The first-order valence-electron chi connectivity index (χ1n) is 4.21. The van der Waals surface area contributed by atoms with E-state index in [2.05, 4.69) is 5.10 Å². The molecule has 1 amide bonds. The number of carbonyl (C=O) groups excluding carboxylic acids is 1. The molecule has 1 aromatic heterocycles. The number of nitrogens with two attached hydrogens (primary N) is 1. The summed E-state index contributed by atoms with van der Waals surface area (Å²) in [6.07, 6.45) is 2.15. The third-order valence-corrected chi connectivity index (χ3v) is 1.73. The highest BCUT2D eigenvalue weighted by molar-refractivity contribution is 5.93. The lowest BCUT2D eigenvalue weighted by molar-refractivity contribution is 0.0992. The van der Waals surface area contributed by atoms with Crippen LogP contribution >= 0.6 is 0 Å². The normalized spacial score (nSPS) is 10.1. The molecule has 6 heteroatoms. The highest BCUT2D eigenvalue weighted by atomic mass is 16.5. The molecular formula is C8H13N3O3. The maximum absolute atomic E-state index is 10.9. The van der Waals surface area contributed by atoms with Gasteiger partial charge in [0.2, 0.25) is 0 Å². The van der Waals surface area contributed by atoms with E-state index in [0.717, 1.165) is 0 Å². The first kappa shape index (κ1) is 10.5. The Hall–Kier alpha value is -1.56. The third-order valence-electron chi connectivity index (χ3n) is 1.73. The van der Waals surface area contributed by atoms with Gasteiger partial charge in [-0.15, -0.1) is 0 Å². The Kier molecular flexibility index (Phi) is 3.47. The lowest BCUT2D eigenvalue weighted by Gasteiger charge is -1.96. The second kappa shape index (κ2) is 4.61. The molecule has 6 nitrogen and oxygen atoms in total. The zero-order chi connectivity index (χ0) is 10.6. The number of primary amides is 1. The van der Waals surface area contributed by atoms with Crippen molar-refractivity contribution >= 4 is 5.91 Å². The van der Waals surface area contributed by atoms with Gasteiger partial charge in [-0.3, -0.25) is 9.48 Å². The molecule has 1 rings (SSSR count). The van der Waals surface area contributed by atoms with Crippen molar-refractivity contribution in [2.75, 3.05) is 13.7 Å². The Bertz CT molecular complexity index is 322. The predicted octanol–water partition coefficient (Wildman–Crippen LogP) is -0.627. The number of aliphatic hydroxyl groups excluding tert-OH is 1. The van der Waals surface area contributed by atoms with Gasteiger partial charge in [-0.2, -0.15) is 5.10 Å². The summed E-state index contributed by atoms with van der Waals surface area (Å²) >= 11 is 0. The molecule has 1 heterocycles. The van der Waals surface area contributed by atoms with E-state index in [1.165, 1.54) is 11.8 Å². The van der Waals surface area contributed by atoms with Crippen molar-refractivity contribution in [3.05, 3.63) is 11.9 Å². The van der Waals surface area contributed by atoms with E-state index in [-0.39, 0.29) is 12.3 Å². The van der Waals surface area contributed by atoms with Crippen molar-refractivity contribution in [1.82, 2.24) is 9.78 Å². The van der Waals surface area contributed by atoms with E-state index >= 15 is 0 Å². The van der Waals surface area contributed by atoms with Crippen LogP contribution in [0.1, 0.15) is 16.9 Å². The van der Waals surface area contributed by atoms with Crippen LogP contribution in [0.15, 0.2) is 6.20 Å². The molecule has 0 radical (unpaired) electrons. The van der Waals surface area contributed by atoms with Crippen LogP contribution in [-0.4, -0.2) is 34.5 Å². The van der Waals surface area contributed by atoms with Crippen LogP contribution in [0.5, 0.6) is 5.75 Å². The number of aliphatic hydroxyl groups is 1. The quantitative estimate of drug-likeness (QED) is 0.660. The average molecular weight is 199 g/mol. The van der Waals surface area contributed by atoms with Gasteiger partial charge in [-0.1, -0.05) is 0 Å². The van der Waals surface area contributed by atoms with E-state index < -0.39 is 5.91 Å². The number of hydrogen-bond donors (Lipinski definition) is 2. The van der Waals surface area contributed by atoms with Gasteiger partial charge < -0.3 is 15.6 Å². The number of aryl methyl sites for hydroxylation is 1. The van der Waals surface area contributed by atoms with Gasteiger partial charge in [0, 0.05) is 13.2 Å². The van der Waals surface area contributed by atoms with Crippen molar-refractivity contribution in [3.8, 4) is 5.75 Å². The molecule has 0 aliphatic carbocycles. The molecule has 0 spiro atoms. The Morgan fingerprint density at radius 1 is 1.79 bits per heavy atom. The summed E-state index contributed by atoms with van der Waals surface area (Å²) in [5, 5.41) is 12.5. The second-order valence-electron chi connectivity index (χ2n) is 2.75. The molecule has 0 atom stereocenters. The highest BCUT2D eigenvalue weighted by Gasteiger charge is 2.13. The van der Waals surface area contributed by atoms with E-state index in [0.29, 0.717) is 18.7 Å². The van der Waals surface area contributed by atoms with Crippen molar-refractivity contribution in [2.45, 2.75) is 13.0 Å². The number of ether oxygens (including phenoxy) is 1. The number of carbonyl (C=O) groups is 1. The number of rotatable bonds is 5. The number of nitrogens with zero attached hydrogens (tertiary/aromatic N) is 2. The minimum atomic E-state index is -0.621. The van der Waals surface area contributed by atoms with E-state index in [9.17, 15) is 4.79 Å². The maximum Gasteiger partial charge on any atom is 0.273 e. The summed E-state index contributed by atoms with van der Waals surface area (Å²) in [7, 11) is 1.44. The Labute approximate surface area is 81.3 Å². The molecule has 1 aromatic rings. The lowest BCUT2D eigenvalue weighted by atomic mass is 10.4. The molecule has 0 aromatic carbocycles. The summed E-state index contributed by atoms with van der Waals surface area (Å²) in [5.74, 6) is -0.264. The molecule has 0 aliphatic rings. The number of amides is 1. The Morgan fingerprint density at radius 3 is 2.93 bits per heavy atom. The molecule has 78 valence electrons.